The van der Waals surface area contributed by atoms with Gasteiger partial charge in [-0.1, -0.05) is 27.7 Å². The summed E-state index contributed by atoms with van der Waals surface area (Å²) in [5.41, 5.74) is -0.171. The van der Waals surface area contributed by atoms with Crippen LogP contribution < -0.4 is 5.32 Å². The summed E-state index contributed by atoms with van der Waals surface area (Å²) < 4.78 is 5.77. The number of rotatable bonds is 7. The summed E-state index contributed by atoms with van der Waals surface area (Å²) in [6.07, 6.45) is 1.88. The van der Waals surface area contributed by atoms with E-state index in [1.807, 2.05) is 20.8 Å². The molecule has 0 aromatic heterocycles. The van der Waals surface area contributed by atoms with Crippen molar-refractivity contribution in [3.05, 3.63) is 0 Å². The Kier molecular flexibility index (Phi) is 6.74. The summed E-state index contributed by atoms with van der Waals surface area (Å²) in [7, 11) is 0. The molecule has 0 aliphatic heterocycles. The topological polar surface area (TPSA) is 45.0 Å². The van der Waals surface area contributed by atoms with Gasteiger partial charge in [-0.2, -0.15) is 5.26 Å². The van der Waals surface area contributed by atoms with Crippen molar-refractivity contribution in [3.8, 4) is 6.07 Å². The monoisotopic (exact) mass is 240 g/mol. The van der Waals surface area contributed by atoms with Crippen molar-refractivity contribution in [3.63, 3.8) is 0 Å². The third-order valence-electron chi connectivity index (χ3n) is 2.76. The number of nitriles is 1. The van der Waals surface area contributed by atoms with Crippen molar-refractivity contribution in [2.24, 2.45) is 5.41 Å². The van der Waals surface area contributed by atoms with Gasteiger partial charge < -0.3 is 4.74 Å². The Hall–Kier alpha value is -0.590. The molecule has 1 N–H and O–H groups in total. The molecule has 0 aliphatic rings. The second kappa shape index (κ2) is 6.98. The highest BCUT2D eigenvalue weighted by Gasteiger charge is 2.25. The van der Waals surface area contributed by atoms with E-state index < -0.39 is 5.54 Å². The molecule has 0 spiro atoms. The fourth-order valence-corrected chi connectivity index (χ4v) is 1.75. The first-order chi connectivity index (χ1) is 7.72. The highest BCUT2D eigenvalue weighted by atomic mass is 16.5. The largest absolute Gasteiger partial charge is 0.378 e. The highest BCUT2D eigenvalue weighted by molar-refractivity contribution is 5.04. The van der Waals surface area contributed by atoms with Crippen molar-refractivity contribution in [1.82, 2.24) is 5.32 Å². The molecule has 0 radical (unpaired) electrons. The third-order valence-corrected chi connectivity index (χ3v) is 2.76. The molecule has 0 rings (SSSR count). The van der Waals surface area contributed by atoms with E-state index in [0.717, 1.165) is 26.0 Å². The van der Waals surface area contributed by atoms with Crippen LogP contribution in [0.5, 0.6) is 0 Å². The summed E-state index contributed by atoms with van der Waals surface area (Å²) in [5, 5.41) is 12.4. The number of hydrogen-bond donors (Lipinski definition) is 1. The summed E-state index contributed by atoms with van der Waals surface area (Å²) in [6, 6.07) is 2.33. The number of hydrogen-bond acceptors (Lipinski definition) is 3. The van der Waals surface area contributed by atoms with Crippen LogP contribution in [0.3, 0.4) is 0 Å². The predicted molar refractivity (Wildman–Crippen MR) is 71.8 cm³/mol. The van der Waals surface area contributed by atoms with E-state index in [1.54, 1.807) is 0 Å². The number of nitrogens with one attached hydrogen (secondary N) is 1. The van der Waals surface area contributed by atoms with Crippen LogP contribution in [-0.4, -0.2) is 24.8 Å². The Bertz CT molecular complexity index is 252. The minimum absolute atomic E-state index is 0.112. The van der Waals surface area contributed by atoms with Crippen molar-refractivity contribution in [1.29, 1.82) is 5.26 Å². The van der Waals surface area contributed by atoms with E-state index >= 15 is 0 Å². The summed E-state index contributed by atoms with van der Waals surface area (Å²) in [5.74, 6) is 0. The summed E-state index contributed by atoms with van der Waals surface area (Å²) >= 11 is 0. The summed E-state index contributed by atoms with van der Waals surface area (Å²) in [6.45, 7) is 14.2. The molecule has 3 heteroatoms. The molecular weight excluding hydrogens is 212 g/mol. The lowest BCUT2D eigenvalue weighted by Gasteiger charge is -2.27. The van der Waals surface area contributed by atoms with Crippen molar-refractivity contribution in [2.75, 3.05) is 13.2 Å². The normalized spacial score (nSPS) is 17.2. The predicted octanol–water partition coefficient (Wildman–Crippen LogP) is 3.11. The molecule has 0 aromatic carbocycles. The lowest BCUT2D eigenvalue weighted by atomic mass is 9.93. The SMILES string of the molecule is CCNC(C)(C#N)CC(C)OCCC(C)(C)C. The van der Waals surface area contributed by atoms with Gasteiger partial charge in [-0.05, 0) is 32.2 Å². The van der Waals surface area contributed by atoms with Gasteiger partial charge >= 0.3 is 0 Å². The fraction of sp³-hybridized carbons (Fsp3) is 0.929. The molecule has 3 nitrogen and oxygen atoms in total. The van der Waals surface area contributed by atoms with Crippen molar-refractivity contribution in [2.45, 2.75) is 66.0 Å². The molecule has 0 aromatic rings. The maximum absolute atomic E-state index is 9.15. The maximum Gasteiger partial charge on any atom is 0.106 e. The first-order valence-corrected chi connectivity index (χ1v) is 6.50. The Morgan fingerprint density at radius 1 is 1.29 bits per heavy atom. The molecular formula is C14H28N2O. The zero-order chi connectivity index (χ0) is 13.5. The first kappa shape index (κ1) is 16.4. The van der Waals surface area contributed by atoms with Gasteiger partial charge in [0.15, 0.2) is 0 Å². The van der Waals surface area contributed by atoms with Gasteiger partial charge in [0.05, 0.1) is 12.2 Å². The van der Waals surface area contributed by atoms with Gasteiger partial charge in [0.2, 0.25) is 0 Å². The van der Waals surface area contributed by atoms with E-state index in [-0.39, 0.29) is 6.10 Å². The van der Waals surface area contributed by atoms with Gasteiger partial charge in [-0.15, -0.1) is 0 Å². The number of ether oxygens (including phenoxy) is 1. The van der Waals surface area contributed by atoms with Crippen LogP contribution >= 0.6 is 0 Å². The molecule has 0 aliphatic carbocycles. The number of nitrogens with zero attached hydrogens (tertiary/aromatic N) is 1. The summed E-state index contributed by atoms with van der Waals surface area (Å²) in [4.78, 5) is 0. The van der Waals surface area contributed by atoms with Crippen LogP contribution in [-0.2, 0) is 4.74 Å². The molecule has 0 heterocycles. The van der Waals surface area contributed by atoms with Crippen LogP contribution in [0.4, 0.5) is 0 Å². The van der Waals surface area contributed by atoms with Crippen LogP contribution in [0.15, 0.2) is 0 Å². The standard InChI is InChI=1S/C14H28N2O/c1-7-16-14(6,11-15)10-12(2)17-9-8-13(3,4)5/h12,16H,7-10H2,1-6H3. The van der Waals surface area contributed by atoms with Crippen molar-refractivity contribution < 1.29 is 4.74 Å². The van der Waals surface area contributed by atoms with E-state index in [1.165, 1.54) is 0 Å². The van der Waals surface area contributed by atoms with Gasteiger partial charge in [0, 0.05) is 13.0 Å². The van der Waals surface area contributed by atoms with Crippen LogP contribution in [0, 0.1) is 16.7 Å². The Morgan fingerprint density at radius 3 is 2.29 bits per heavy atom. The van der Waals surface area contributed by atoms with Crippen LogP contribution in [0.2, 0.25) is 0 Å². The quantitative estimate of drug-likeness (QED) is 0.743. The van der Waals surface area contributed by atoms with Crippen molar-refractivity contribution >= 4 is 0 Å². The van der Waals surface area contributed by atoms with Gasteiger partial charge in [-0.3, -0.25) is 5.32 Å². The zero-order valence-electron chi connectivity index (χ0n) is 12.3. The Balaban J connectivity index is 4.00. The minimum atomic E-state index is -0.476. The van der Waals surface area contributed by atoms with E-state index in [2.05, 4.69) is 32.2 Å². The lowest BCUT2D eigenvalue weighted by Crippen LogP contribution is -2.43. The Labute approximate surface area is 107 Å². The fourth-order valence-electron chi connectivity index (χ4n) is 1.75. The third kappa shape index (κ3) is 8.18. The van der Waals surface area contributed by atoms with Gasteiger partial charge in [0.25, 0.3) is 0 Å². The smallest absolute Gasteiger partial charge is 0.106 e. The first-order valence-electron chi connectivity index (χ1n) is 6.50. The molecule has 2 unspecified atom stereocenters. The average Bonchev–Trinajstić information content (AvgIpc) is 2.15. The molecule has 100 valence electrons. The molecule has 2 atom stereocenters. The Morgan fingerprint density at radius 2 is 1.88 bits per heavy atom. The van der Waals surface area contributed by atoms with E-state index in [9.17, 15) is 0 Å². The zero-order valence-corrected chi connectivity index (χ0v) is 12.3. The van der Waals surface area contributed by atoms with E-state index in [0.29, 0.717) is 5.41 Å². The van der Waals surface area contributed by atoms with Gasteiger partial charge in [-0.25, -0.2) is 0 Å². The lowest BCUT2D eigenvalue weighted by molar-refractivity contribution is 0.0335. The molecule has 17 heavy (non-hydrogen) atoms. The van der Waals surface area contributed by atoms with Gasteiger partial charge in [0.1, 0.15) is 5.54 Å². The van der Waals surface area contributed by atoms with E-state index in [4.69, 9.17) is 10.00 Å². The maximum atomic E-state index is 9.15. The highest BCUT2D eigenvalue weighted by Crippen LogP contribution is 2.20. The molecule has 0 fully saturated rings. The molecule has 0 saturated heterocycles. The second-order valence-corrected chi connectivity index (χ2v) is 6.17. The average molecular weight is 240 g/mol. The minimum Gasteiger partial charge on any atom is -0.378 e. The van der Waals surface area contributed by atoms with Crippen LogP contribution in [0.25, 0.3) is 0 Å². The second-order valence-electron chi connectivity index (χ2n) is 6.17. The molecule has 0 saturated carbocycles. The molecule has 0 amide bonds. The van der Waals surface area contributed by atoms with Crippen LogP contribution in [0.1, 0.15) is 54.4 Å². The molecule has 0 bridgehead atoms.